The van der Waals surface area contributed by atoms with Gasteiger partial charge in [0.15, 0.2) is 6.61 Å². The van der Waals surface area contributed by atoms with Crippen LogP contribution in [0.15, 0.2) is 73.1 Å². The van der Waals surface area contributed by atoms with Crippen molar-refractivity contribution in [1.29, 1.82) is 5.26 Å². The number of nitriles is 1. The monoisotopic (exact) mass is 577 g/mol. The highest BCUT2D eigenvalue weighted by Gasteiger charge is 2.25. The lowest BCUT2D eigenvalue weighted by Crippen LogP contribution is -2.34. The summed E-state index contributed by atoms with van der Waals surface area (Å²) in [4.78, 5) is 31.3. The van der Waals surface area contributed by atoms with E-state index in [4.69, 9.17) is 27.9 Å². The second-order valence-corrected chi connectivity index (χ2v) is 9.22. The van der Waals surface area contributed by atoms with E-state index in [1.807, 2.05) is 6.07 Å². The number of benzene rings is 3. The molecule has 1 amide bonds. The number of nitro groups is 1. The molecular formula is C27H21Cl2N7O4. The summed E-state index contributed by atoms with van der Waals surface area (Å²) in [7, 11) is 0. The normalized spacial score (nSPS) is 11.2. The molecule has 0 aliphatic rings. The van der Waals surface area contributed by atoms with Gasteiger partial charge in [-0.05, 0) is 53.9 Å². The van der Waals surface area contributed by atoms with E-state index in [1.165, 1.54) is 0 Å². The minimum atomic E-state index is -0.686. The fourth-order valence-electron chi connectivity index (χ4n) is 3.73. The van der Waals surface area contributed by atoms with Gasteiger partial charge < -0.3 is 10.1 Å². The number of anilines is 3. The zero-order chi connectivity index (χ0) is 28.6. The van der Waals surface area contributed by atoms with Crippen molar-refractivity contribution in [3.8, 4) is 11.8 Å². The third-order valence-electron chi connectivity index (χ3n) is 5.68. The van der Waals surface area contributed by atoms with Crippen LogP contribution in [0.1, 0.15) is 22.6 Å². The van der Waals surface area contributed by atoms with Crippen LogP contribution in [-0.4, -0.2) is 27.4 Å². The van der Waals surface area contributed by atoms with Gasteiger partial charge in [-0.15, -0.1) is 0 Å². The second-order valence-electron chi connectivity index (χ2n) is 8.38. The van der Waals surface area contributed by atoms with E-state index >= 15 is 0 Å². The molecule has 4 rings (SSSR count). The van der Waals surface area contributed by atoms with Gasteiger partial charge in [-0.1, -0.05) is 59.6 Å². The molecule has 0 aliphatic carbocycles. The molecule has 0 fully saturated rings. The Balaban J connectivity index is 1.53. The Morgan fingerprint density at radius 3 is 2.48 bits per heavy atom. The average molecular weight is 578 g/mol. The summed E-state index contributed by atoms with van der Waals surface area (Å²) in [5.41, 5.74) is 6.63. The van der Waals surface area contributed by atoms with Gasteiger partial charge in [0.2, 0.25) is 11.6 Å². The van der Waals surface area contributed by atoms with Crippen LogP contribution >= 0.6 is 23.2 Å². The number of aromatic nitrogens is 2. The third-order valence-corrected chi connectivity index (χ3v) is 6.26. The van der Waals surface area contributed by atoms with Crippen molar-refractivity contribution in [2.45, 2.75) is 12.8 Å². The lowest BCUT2D eigenvalue weighted by atomic mass is 9.91. The lowest BCUT2D eigenvalue weighted by molar-refractivity contribution is -0.383. The van der Waals surface area contributed by atoms with E-state index in [9.17, 15) is 20.2 Å². The zero-order valence-corrected chi connectivity index (χ0v) is 22.4. The summed E-state index contributed by atoms with van der Waals surface area (Å²) in [5, 5.41) is 25.5. The van der Waals surface area contributed by atoms with Crippen LogP contribution in [0, 0.1) is 28.4 Å². The van der Waals surface area contributed by atoms with E-state index in [0.29, 0.717) is 33.1 Å². The number of hydrogen-bond donors (Lipinski definition) is 3. The molecule has 0 aliphatic heterocycles. The second kappa shape index (κ2) is 12.8. The maximum absolute atomic E-state index is 12.2. The fourth-order valence-corrected chi connectivity index (χ4v) is 4.13. The topological polar surface area (TPSA) is 155 Å². The molecule has 3 aromatic carbocycles. The molecule has 202 valence electrons. The van der Waals surface area contributed by atoms with Gasteiger partial charge in [0, 0.05) is 15.7 Å². The molecule has 0 bridgehead atoms. The van der Waals surface area contributed by atoms with Crippen LogP contribution in [0.2, 0.25) is 10.0 Å². The summed E-state index contributed by atoms with van der Waals surface area (Å²) in [6, 6.07) is 21.1. The van der Waals surface area contributed by atoms with Gasteiger partial charge in [-0.2, -0.15) is 5.26 Å². The summed E-state index contributed by atoms with van der Waals surface area (Å²) in [6.45, 7) is 1.43. The Morgan fingerprint density at radius 2 is 1.80 bits per heavy atom. The molecule has 0 saturated carbocycles. The number of amides is 1. The maximum atomic E-state index is 12.2. The van der Waals surface area contributed by atoms with Gasteiger partial charge >= 0.3 is 5.69 Å². The fraction of sp³-hybridized carbons (Fsp3) is 0.111. The molecule has 3 N–H and O–H groups in total. The van der Waals surface area contributed by atoms with Gasteiger partial charge in [0.1, 0.15) is 12.1 Å². The van der Waals surface area contributed by atoms with Crippen LogP contribution in [-0.2, 0) is 4.79 Å². The average Bonchev–Trinajstić information content (AvgIpc) is 2.95. The zero-order valence-electron chi connectivity index (χ0n) is 20.9. The van der Waals surface area contributed by atoms with Crippen molar-refractivity contribution in [3.05, 3.63) is 110 Å². The van der Waals surface area contributed by atoms with E-state index < -0.39 is 22.4 Å². The molecule has 0 saturated heterocycles. The number of hydrazine groups is 1. The Labute approximate surface area is 238 Å². The third kappa shape index (κ3) is 6.74. The molecule has 1 heterocycles. The van der Waals surface area contributed by atoms with Crippen LogP contribution in [0.5, 0.6) is 5.75 Å². The van der Waals surface area contributed by atoms with Crippen LogP contribution in [0.3, 0.4) is 0 Å². The number of carbonyl (C=O) groups is 1. The predicted octanol–water partition coefficient (Wildman–Crippen LogP) is 5.92. The summed E-state index contributed by atoms with van der Waals surface area (Å²) < 4.78 is 5.36. The molecule has 13 heteroatoms. The van der Waals surface area contributed by atoms with Gasteiger partial charge in [-0.3, -0.25) is 25.8 Å². The Kier molecular flexibility index (Phi) is 8.96. The minimum absolute atomic E-state index is 0.140. The van der Waals surface area contributed by atoms with Gasteiger partial charge in [0.25, 0.3) is 5.91 Å². The quantitative estimate of drug-likeness (QED) is 0.154. The smallest absolute Gasteiger partial charge is 0.355 e. The minimum Gasteiger partial charge on any atom is -0.484 e. The number of nitrogens with zero attached hydrogens (tertiary/aromatic N) is 4. The number of nitrogens with one attached hydrogen (secondary N) is 3. The highest BCUT2D eigenvalue weighted by atomic mass is 35.5. The van der Waals surface area contributed by atoms with Crippen LogP contribution in [0.25, 0.3) is 0 Å². The first-order chi connectivity index (χ1) is 19.3. The first kappa shape index (κ1) is 28.1. The van der Waals surface area contributed by atoms with E-state index in [2.05, 4.69) is 32.2 Å². The Morgan fingerprint density at radius 1 is 1.10 bits per heavy atom. The largest absolute Gasteiger partial charge is 0.484 e. The Hall–Kier alpha value is -4.92. The van der Waals surface area contributed by atoms with Crippen molar-refractivity contribution in [2.24, 2.45) is 0 Å². The number of hydrogen-bond acceptors (Lipinski definition) is 9. The summed E-state index contributed by atoms with van der Waals surface area (Å²) >= 11 is 12.5. The van der Waals surface area contributed by atoms with E-state index in [0.717, 1.165) is 6.33 Å². The van der Waals surface area contributed by atoms with Crippen molar-refractivity contribution in [1.82, 2.24) is 15.4 Å². The van der Waals surface area contributed by atoms with Crippen molar-refractivity contribution < 1.29 is 14.5 Å². The molecule has 0 radical (unpaired) electrons. The first-order valence-corrected chi connectivity index (χ1v) is 12.5. The SMILES string of the molecule is Cc1cc(C(C#N)c2ccc(Cl)cc2)c(Cl)cc1Nc1ncnc(NNC(=O)COc2ccccc2)c1[N+](=O)[O-]. The number of aryl methyl sites for hydroxylation is 1. The van der Waals surface area contributed by atoms with Crippen LogP contribution in [0.4, 0.5) is 23.0 Å². The molecule has 1 aromatic heterocycles. The summed E-state index contributed by atoms with van der Waals surface area (Å²) in [6.07, 6.45) is 1.10. The molecule has 1 unspecified atom stereocenters. The highest BCUT2D eigenvalue weighted by molar-refractivity contribution is 6.32. The number of carbonyl (C=O) groups excluding carboxylic acids is 1. The number of rotatable bonds is 10. The van der Waals surface area contributed by atoms with Crippen molar-refractivity contribution >= 4 is 52.1 Å². The highest BCUT2D eigenvalue weighted by Crippen LogP contribution is 2.37. The van der Waals surface area contributed by atoms with E-state index in [1.54, 1.807) is 67.6 Å². The Bertz CT molecular complexity index is 1580. The van der Waals surface area contributed by atoms with Crippen molar-refractivity contribution in [2.75, 3.05) is 17.3 Å². The van der Waals surface area contributed by atoms with Crippen molar-refractivity contribution in [3.63, 3.8) is 0 Å². The standard InChI is InChI=1S/C27H21Cl2N7O4/c1-16-11-20(21(13-30)17-7-9-18(28)10-8-17)22(29)12-23(16)33-26-25(36(38)39)27(32-15-31-26)35-34-24(37)14-40-19-5-3-2-4-6-19/h2-12,15,21H,14H2,1H3,(H,34,37)(H2,31,32,33,35). The first-order valence-electron chi connectivity index (χ1n) is 11.7. The van der Waals surface area contributed by atoms with Crippen LogP contribution < -0.4 is 20.9 Å². The molecule has 11 nitrogen and oxygen atoms in total. The molecule has 1 atom stereocenters. The number of halogens is 2. The van der Waals surface area contributed by atoms with Gasteiger partial charge in [-0.25, -0.2) is 9.97 Å². The summed E-state index contributed by atoms with van der Waals surface area (Å²) in [5.74, 6) is -1.14. The predicted molar refractivity (Wildman–Crippen MR) is 151 cm³/mol. The molecule has 0 spiro atoms. The number of para-hydroxylation sites is 1. The maximum Gasteiger partial charge on any atom is 0.355 e. The lowest BCUT2D eigenvalue weighted by Gasteiger charge is -2.17. The van der Waals surface area contributed by atoms with E-state index in [-0.39, 0.29) is 23.3 Å². The molecule has 40 heavy (non-hydrogen) atoms. The number of ether oxygens (including phenoxy) is 1. The van der Waals surface area contributed by atoms with Gasteiger partial charge in [0.05, 0.1) is 16.9 Å². The molecule has 4 aromatic rings. The molecular weight excluding hydrogens is 557 g/mol.